The zero-order valence-electron chi connectivity index (χ0n) is 13.7. The minimum atomic E-state index is -0.918. The van der Waals surface area contributed by atoms with Crippen LogP contribution in [-0.4, -0.2) is 43.4 Å². The number of hydrogen-bond donors (Lipinski definition) is 0. The molecule has 1 aromatic carbocycles. The van der Waals surface area contributed by atoms with Crippen molar-refractivity contribution in [3.63, 3.8) is 0 Å². The van der Waals surface area contributed by atoms with Gasteiger partial charge in [-0.3, -0.25) is 9.59 Å². The predicted octanol–water partition coefficient (Wildman–Crippen LogP) is 2.92. The van der Waals surface area contributed by atoms with Crippen LogP contribution in [0.4, 0.5) is 0 Å². The van der Waals surface area contributed by atoms with Gasteiger partial charge < -0.3 is 14.4 Å². The number of nitrogens with zero attached hydrogens (tertiary/aromatic N) is 1. The maximum Gasteiger partial charge on any atom is 0.347 e. The molecule has 24 heavy (non-hydrogen) atoms. The van der Waals surface area contributed by atoms with E-state index in [0.29, 0.717) is 5.02 Å². The Kier molecular flexibility index (Phi) is 7.25. The molecule has 0 atom stereocenters. The molecule has 1 rings (SSSR count). The zero-order valence-corrected chi connectivity index (χ0v) is 15.2. The van der Waals surface area contributed by atoms with E-state index in [2.05, 4.69) is 0 Å². The van der Waals surface area contributed by atoms with E-state index >= 15 is 0 Å². The average molecular weight is 374 g/mol. The van der Waals surface area contributed by atoms with Crippen molar-refractivity contribution in [1.82, 2.24) is 4.90 Å². The van der Waals surface area contributed by atoms with Crippen LogP contribution in [0.3, 0.4) is 0 Å². The minimum Gasteiger partial charge on any atom is -0.462 e. The summed E-state index contributed by atoms with van der Waals surface area (Å²) in [6, 6.07) is 4.35. The summed E-state index contributed by atoms with van der Waals surface area (Å²) in [5, 5.41) is 0.467. The monoisotopic (exact) mass is 373 g/mol. The fourth-order valence-corrected chi connectivity index (χ4v) is 2.26. The third-order valence-electron chi connectivity index (χ3n) is 2.75. The van der Waals surface area contributed by atoms with Gasteiger partial charge in [0, 0.05) is 31.6 Å². The van der Waals surface area contributed by atoms with E-state index in [9.17, 15) is 14.4 Å². The number of carbonyl (C=O) groups is 3. The lowest BCUT2D eigenvalue weighted by atomic mass is 10.1. The number of hydrogen-bond acceptors (Lipinski definition) is 5. The SMILES string of the molecule is CCOC(=O)C(C(=O)N(C)C)=C(OC(C)=O)c1ccc(Cl)cc1Cl. The quantitative estimate of drug-likeness (QED) is 0.261. The molecule has 0 fully saturated rings. The van der Waals surface area contributed by atoms with E-state index in [0.717, 1.165) is 6.92 Å². The standard InChI is InChI=1S/C16H17Cl2NO5/c1-5-23-16(22)13(15(21)19(3)4)14(24-9(2)20)11-7-6-10(17)8-12(11)18/h6-8H,5H2,1-4H3. The van der Waals surface area contributed by atoms with Crippen molar-refractivity contribution in [3.8, 4) is 0 Å². The predicted molar refractivity (Wildman–Crippen MR) is 90.5 cm³/mol. The molecule has 1 aromatic rings. The first-order valence-corrected chi connectivity index (χ1v) is 7.71. The largest absolute Gasteiger partial charge is 0.462 e. The molecule has 0 saturated carbocycles. The summed E-state index contributed by atoms with van der Waals surface area (Å²) in [4.78, 5) is 37.4. The van der Waals surface area contributed by atoms with Crippen LogP contribution in [-0.2, 0) is 23.9 Å². The van der Waals surface area contributed by atoms with E-state index in [1.165, 1.54) is 37.2 Å². The molecule has 0 aliphatic rings. The molecule has 0 aliphatic heterocycles. The zero-order chi connectivity index (χ0) is 18.4. The van der Waals surface area contributed by atoms with Gasteiger partial charge in [0.05, 0.1) is 11.6 Å². The van der Waals surface area contributed by atoms with Crippen LogP contribution in [0.1, 0.15) is 19.4 Å². The molecule has 0 heterocycles. The maximum absolute atomic E-state index is 12.4. The highest BCUT2D eigenvalue weighted by molar-refractivity contribution is 6.36. The fourth-order valence-electron chi connectivity index (χ4n) is 1.76. The number of amides is 1. The van der Waals surface area contributed by atoms with E-state index < -0.39 is 23.4 Å². The van der Waals surface area contributed by atoms with Crippen LogP contribution in [0.2, 0.25) is 10.0 Å². The summed E-state index contributed by atoms with van der Waals surface area (Å²) >= 11 is 12.0. The third-order valence-corrected chi connectivity index (χ3v) is 3.30. The molecule has 6 nitrogen and oxygen atoms in total. The number of carbonyl (C=O) groups excluding carboxylic acids is 3. The molecule has 0 bridgehead atoms. The second kappa shape index (κ2) is 8.70. The van der Waals surface area contributed by atoms with Gasteiger partial charge in [0.1, 0.15) is 0 Å². The smallest absolute Gasteiger partial charge is 0.347 e. The van der Waals surface area contributed by atoms with Crippen LogP contribution < -0.4 is 0 Å². The molecule has 1 amide bonds. The van der Waals surface area contributed by atoms with Gasteiger partial charge in [0.25, 0.3) is 5.91 Å². The number of halogens is 2. The number of rotatable bonds is 5. The van der Waals surface area contributed by atoms with Crippen molar-refractivity contribution in [2.24, 2.45) is 0 Å². The highest BCUT2D eigenvalue weighted by Crippen LogP contribution is 2.31. The molecule has 0 saturated heterocycles. The number of benzene rings is 1. The second-order valence-corrected chi connectivity index (χ2v) is 5.69. The van der Waals surface area contributed by atoms with Gasteiger partial charge in [-0.2, -0.15) is 0 Å². The van der Waals surface area contributed by atoms with Crippen molar-refractivity contribution in [2.75, 3.05) is 20.7 Å². The van der Waals surface area contributed by atoms with Crippen LogP contribution >= 0.6 is 23.2 Å². The van der Waals surface area contributed by atoms with Gasteiger partial charge in [-0.15, -0.1) is 0 Å². The average Bonchev–Trinajstić information content (AvgIpc) is 2.46. The molecule has 0 radical (unpaired) electrons. The molecule has 0 aromatic heterocycles. The van der Waals surface area contributed by atoms with E-state index in [1.807, 2.05) is 0 Å². The Hall–Kier alpha value is -2.05. The molecule has 0 N–H and O–H groups in total. The Balaban J connectivity index is 3.70. The lowest BCUT2D eigenvalue weighted by Gasteiger charge is -2.17. The summed E-state index contributed by atoms with van der Waals surface area (Å²) in [6.45, 7) is 2.79. The Morgan fingerprint density at radius 1 is 1.17 bits per heavy atom. The summed E-state index contributed by atoms with van der Waals surface area (Å²) < 4.78 is 10.0. The molecule has 8 heteroatoms. The molecule has 130 valence electrons. The first kappa shape index (κ1) is 20.0. The van der Waals surface area contributed by atoms with E-state index in [4.69, 9.17) is 32.7 Å². The lowest BCUT2D eigenvalue weighted by Crippen LogP contribution is -2.30. The van der Waals surface area contributed by atoms with E-state index in [1.54, 1.807) is 6.92 Å². The van der Waals surface area contributed by atoms with Gasteiger partial charge in [-0.1, -0.05) is 23.2 Å². The van der Waals surface area contributed by atoms with Crippen molar-refractivity contribution in [2.45, 2.75) is 13.8 Å². The normalized spacial score (nSPS) is 11.4. The Labute approximate surface area is 149 Å². The third kappa shape index (κ3) is 4.97. The van der Waals surface area contributed by atoms with Gasteiger partial charge in [0.2, 0.25) is 0 Å². The summed E-state index contributed by atoms with van der Waals surface area (Å²) in [6.07, 6.45) is 0. The number of likely N-dealkylation sites (N-methyl/N-ethyl adjacent to an activating group) is 1. The highest BCUT2D eigenvalue weighted by atomic mass is 35.5. The van der Waals surface area contributed by atoms with Crippen molar-refractivity contribution in [1.29, 1.82) is 0 Å². The van der Waals surface area contributed by atoms with Crippen molar-refractivity contribution < 1.29 is 23.9 Å². The summed E-state index contributed by atoms with van der Waals surface area (Å²) in [7, 11) is 2.91. The topological polar surface area (TPSA) is 72.9 Å². The van der Waals surface area contributed by atoms with Gasteiger partial charge in [-0.05, 0) is 25.1 Å². The number of esters is 2. The lowest BCUT2D eigenvalue weighted by molar-refractivity contribution is -0.141. The molecule has 0 spiro atoms. The molecule has 0 unspecified atom stereocenters. The minimum absolute atomic E-state index is 0.0464. The molecular weight excluding hydrogens is 357 g/mol. The fraction of sp³-hybridized carbons (Fsp3) is 0.312. The summed E-state index contributed by atoms with van der Waals surface area (Å²) in [5.41, 5.74) is -0.254. The Morgan fingerprint density at radius 3 is 2.25 bits per heavy atom. The first-order valence-electron chi connectivity index (χ1n) is 6.95. The van der Waals surface area contributed by atoms with Gasteiger partial charge >= 0.3 is 11.9 Å². The Morgan fingerprint density at radius 2 is 1.79 bits per heavy atom. The first-order chi connectivity index (χ1) is 11.2. The van der Waals surface area contributed by atoms with E-state index in [-0.39, 0.29) is 23.0 Å². The van der Waals surface area contributed by atoms with Crippen LogP contribution in [0.5, 0.6) is 0 Å². The maximum atomic E-state index is 12.4. The Bertz CT molecular complexity index is 698. The molecule has 0 aliphatic carbocycles. The molecular formula is C16H17Cl2NO5. The highest BCUT2D eigenvalue weighted by Gasteiger charge is 2.30. The second-order valence-electron chi connectivity index (χ2n) is 4.84. The van der Waals surface area contributed by atoms with Crippen molar-refractivity contribution in [3.05, 3.63) is 39.4 Å². The van der Waals surface area contributed by atoms with Crippen LogP contribution in [0.15, 0.2) is 23.8 Å². The van der Waals surface area contributed by atoms with Gasteiger partial charge in [-0.25, -0.2) is 4.79 Å². The van der Waals surface area contributed by atoms with Gasteiger partial charge in [0.15, 0.2) is 11.3 Å². The van der Waals surface area contributed by atoms with Crippen molar-refractivity contribution >= 4 is 46.8 Å². The summed E-state index contributed by atoms with van der Waals surface area (Å²) in [5.74, 6) is -2.60. The van der Waals surface area contributed by atoms with Crippen LogP contribution in [0.25, 0.3) is 5.76 Å². The van der Waals surface area contributed by atoms with Crippen LogP contribution in [0, 0.1) is 0 Å². The number of ether oxygens (including phenoxy) is 2.